The van der Waals surface area contributed by atoms with Gasteiger partial charge in [0.15, 0.2) is 0 Å². The van der Waals surface area contributed by atoms with Crippen molar-refractivity contribution < 1.29 is 9.53 Å². The van der Waals surface area contributed by atoms with Crippen molar-refractivity contribution >= 4 is 34.7 Å². The Labute approximate surface area is 154 Å². The summed E-state index contributed by atoms with van der Waals surface area (Å²) in [5, 5.41) is 4.18. The summed E-state index contributed by atoms with van der Waals surface area (Å²) in [5.41, 5.74) is 1.70. The number of halogens is 1. The van der Waals surface area contributed by atoms with Crippen LogP contribution in [0.15, 0.2) is 42.6 Å². The molecular weight excluding hydrogens is 358 g/mol. The molecule has 0 spiro atoms. The fourth-order valence-corrected chi connectivity index (χ4v) is 3.18. The summed E-state index contributed by atoms with van der Waals surface area (Å²) in [6, 6.07) is 10.8. The van der Waals surface area contributed by atoms with E-state index in [-0.39, 0.29) is 5.91 Å². The van der Waals surface area contributed by atoms with E-state index in [0.717, 1.165) is 10.6 Å². The minimum Gasteiger partial charge on any atom is -0.486 e. The molecule has 1 aromatic carbocycles. The molecule has 2 aromatic heterocycles. The third kappa shape index (κ3) is 4.55. The van der Waals surface area contributed by atoms with Gasteiger partial charge in [0, 0.05) is 11.2 Å². The van der Waals surface area contributed by atoms with Crippen LogP contribution in [0.5, 0.6) is 5.75 Å². The largest absolute Gasteiger partial charge is 0.486 e. The molecule has 0 saturated carbocycles. The van der Waals surface area contributed by atoms with Crippen LogP contribution in [-0.4, -0.2) is 15.9 Å². The lowest BCUT2D eigenvalue weighted by Gasteiger charge is -2.04. The van der Waals surface area contributed by atoms with Gasteiger partial charge in [-0.1, -0.05) is 11.6 Å². The van der Waals surface area contributed by atoms with Crippen molar-refractivity contribution in [1.82, 2.24) is 9.97 Å². The van der Waals surface area contributed by atoms with Crippen LogP contribution >= 0.6 is 22.9 Å². The summed E-state index contributed by atoms with van der Waals surface area (Å²) in [7, 11) is 0. The molecule has 128 valence electrons. The number of hydrogen-bond acceptors (Lipinski definition) is 5. The molecule has 0 aliphatic carbocycles. The van der Waals surface area contributed by atoms with Gasteiger partial charge in [0.05, 0.1) is 5.69 Å². The highest BCUT2D eigenvalue weighted by molar-refractivity contribution is 7.13. The number of aryl methyl sites for hydroxylation is 2. The number of carbonyl (C=O) groups excluding carboxylic acids is 1. The van der Waals surface area contributed by atoms with Crippen LogP contribution < -0.4 is 10.1 Å². The Morgan fingerprint density at radius 3 is 2.72 bits per heavy atom. The summed E-state index contributed by atoms with van der Waals surface area (Å²) >= 11 is 7.16. The van der Waals surface area contributed by atoms with E-state index in [0.29, 0.717) is 33.8 Å². The maximum atomic E-state index is 12.4. The quantitative estimate of drug-likeness (QED) is 0.707. The monoisotopic (exact) mass is 373 g/mol. The summed E-state index contributed by atoms with van der Waals surface area (Å²) < 4.78 is 5.67. The molecule has 7 heteroatoms. The smallest absolute Gasteiger partial charge is 0.268 e. The summed E-state index contributed by atoms with van der Waals surface area (Å²) in [4.78, 5) is 21.5. The van der Waals surface area contributed by atoms with E-state index in [1.807, 2.05) is 19.1 Å². The molecule has 5 nitrogen and oxygen atoms in total. The predicted molar refractivity (Wildman–Crippen MR) is 99.6 cm³/mol. The zero-order valence-corrected chi connectivity index (χ0v) is 15.3. The number of ether oxygens (including phenoxy) is 1. The Hall–Kier alpha value is -2.44. The molecular formula is C18H16ClN3O2S. The molecule has 25 heavy (non-hydrogen) atoms. The Kier molecular flexibility index (Phi) is 5.31. The maximum Gasteiger partial charge on any atom is 0.268 e. The van der Waals surface area contributed by atoms with Gasteiger partial charge >= 0.3 is 0 Å². The second kappa shape index (κ2) is 7.63. The third-order valence-electron chi connectivity index (χ3n) is 3.38. The van der Waals surface area contributed by atoms with E-state index in [4.69, 9.17) is 16.3 Å². The Bertz CT molecular complexity index is 894. The molecule has 3 rings (SSSR count). The van der Waals surface area contributed by atoms with Crippen molar-refractivity contribution in [2.75, 3.05) is 5.32 Å². The van der Waals surface area contributed by atoms with Crippen LogP contribution in [0.2, 0.25) is 5.02 Å². The second-order valence-electron chi connectivity index (χ2n) is 5.44. The summed E-state index contributed by atoms with van der Waals surface area (Å²) in [6.45, 7) is 4.05. The minimum absolute atomic E-state index is 0.217. The number of rotatable bonds is 5. The Balaban J connectivity index is 1.67. The topological polar surface area (TPSA) is 64.1 Å². The van der Waals surface area contributed by atoms with E-state index in [1.54, 1.807) is 37.4 Å². The standard InChI is InChI=1S/C18H16ClN3O2S/c1-11-7-8-20-15(9-11)22-18(23)17-12(2)21-16(25-17)10-24-14-5-3-13(19)4-6-14/h3-9H,10H2,1-2H3,(H,20,22,23). The van der Waals surface area contributed by atoms with Crippen LogP contribution in [-0.2, 0) is 6.61 Å². The summed E-state index contributed by atoms with van der Waals surface area (Å²) in [5.74, 6) is 1.01. The zero-order valence-electron chi connectivity index (χ0n) is 13.7. The number of hydrogen-bond donors (Lipinski definition) is 1. The third-order valence-corrected chi connectivity index (χ3v) is 4.76. The fourth-order valence-electron chi connectivity index (χ4n) is 2.18. The molecule has 3 aromatic rings. The van der Waals surface area contributed by atoms with Crippen LogP contribution in [0.4, 0.5) is 5.82 Å². The highest BCUT2D eigenvalue weighted by Crippen LogP contribution is 2.22. The van der Waals surface area contributed by atoms with E-state index in [2.05, 4.69) is 15.3 Å². The van der Waals surface area contributed by atoms with Crippen molar-refractivity contribution in [3.05, 3.63) is 68.8 Å². The van der Waals surface area contributed by atoms with Gasteiger partial charge in [-0.3, -0.25) is 4.79 Å². The number of thiazole rings is 1. The number of aromatic nitrogens is 2. The molecule has 0 fully saturated rings. The number of benzene rings is 1. The van der Waals surface area contributed by atoms with E-state index in [1.165, 1.54) is 11.3 Å². The van der Waals surface area contributed by atoms with Gasteiger partial charge in [0.1, 0.15) is 28.1 Å². The van der Waals surface area contributed by atoms with E-state index < -0.39 is 0 Å². The highest BCUT2D eigenvalue weighted by Gasteiger charge is 2.16. The van der Waals surface area contributed by atoms with Crippen LogP contribution in [0.25, 0.3) is 0 Å². The van der Waals surface area contributed by atoms with Crippen LogP contribution in [0, 0.1) is 13.8 Å². The van der Waals surface area contributed by atoms with Crippen molar-refractivity contribution in [1.29, 1.82) is 0 Å². The van der Waals surface area contributed by atoms with E-state index >= 15 is 0 Å². The zero-order chi connectivity index (χ0) is 17.8. The van der Waals surface area contributed by atoms with Crippen molar-refractivity contribution in [3.8, 4) is 5.75 Å². The van der Waals surface area contributed by atoms with Gasteiger partial charge in [-0.05, 0) is 55.8 Å². The molecule has 0 saturated heterocycles. The van der Waals surface area contributed by atoms with Gasteiger partial charge in [-0.2, -0.15) is 0 Å². The van der Waals surface area contributed by atoms with Crippen LogP contribution in [0.3, 0.4) is 0 Å². The van der Waals surface area contributed by atoms with Crippen molar-refractivity contribution in [2.24, 2.45) is 0 Å². The average molecular weight is 374 g/mol. The maximum absolute atomic E-state index is 12.4. The number of amides is 1. The number of nitrogens with zero attached hydrogens (tertiary/aromatic N) is 2. The molecule has 0 bridgehead atoms. The first-order valence-corrected chi connectivity index (χ1v) is 8.79. The lowest BCUT2D eigenvalue weighted by atomic mass is 10.3. The minimum atomic E-state index is -0.217. The van der Waals surface area contributed by atoms with Gasteiger partial charge in [0.2, 0.25) is 0 Å². The molecule has 0 atom stereocenters. The van der Waals surface area contributed by atoms with Crippen molar-refractivity contribution in [2.45, 2.75) is 20.5 Å². The Morgan fingerprint density at radius 2 is 2.00 bits per heavy atom. The molecule has 1 N–H and O–H groups in total. The number of anilines is 1. The first-order chi connectivity index (χ1) is 12.0. The van der Waals surface area contributed by atoms with Gasteiger partial charge in [0.25, 0.3) is 5.91 Å². The highest BCUT2D eigenvalue weighted by atomic mass is 35.5. The first kappa shape index (κ1) is 17.4. The van der Waals surface area contributed by atoms with E-state index in [9.17, 15) is 4.79 Å². The molecule has 0 unspecified atom stereocenters. The summed E-state index contributed by atoms with van der Waals surface area (Å²) in [6.07, 6.45) is 1.66. The first-order valence-electron chi connectivity index (χ1n) is 7.60. The second-order valence-corrected chi connectivity index (χ2v) is 6.96. The average Bonchev–Trinajstić information content (AvgIpc) is 2.95. The Morgan fingerprint density at radius 1 is 1.24 bits per heavy atom. The van der Waals surface area contributed by atoms with Crippen LogP contribution in [0.1, 0.15) is 25.9 Å². The molecule has 0 aliphatic heterocycles. The number of pyridine rings is 1. The lowest BCUT2D eigenvalue weighted by Crippen LogP contribution is -2.12. The molecule has 0 aliphatic rings. The van der Waals surface area contributed by atoms with Gasteiger partial charge < -0.3 is 10.1 Å². The molecule has 0 radical (unpaired) electrons. The van der Waals surface area contributed by atoms with Gasteiger partial charge in [-0.15, -0.1) is 11.3 Å². The fraction of sp³-hybridized carbons (Fsp3) is 0.167. The lowest BCUT2D eigenvalue weighted by molar-refractivity contribution is 0.102. The molecule has 1 amide bonds. The molecule has 2 heterocycles. The van der Waals surface area contributed by atoms with Crippen molar-refractivity contribution in [3.63, 3.8) is 0 Å². The number of carbonyl (C=O) groups is 1. The number of nitrogens with one attached hydrogen (secondary N) is 1. The predicted octanol–water partition coefficient (Wildman–Crippen LogP) is 4.64. The van der Waals surface area contributed by atoms with Gasteiger partial charge in [-0.25, -0.2) is 9.97 Å². The SMILES string of the molecule is Cc1ccnc(NC(=O)c2sc(COc3ccc(Cl)cc3)nc2C)c1. The normalized spacial score (nSPS) is 10.5.